The third-order valence-electron chi connectivity index (χ3n) is 6.91. The van der Waals surface area contributed by atoms with E-state index in [1.807, 2.05) is 7.11 Å². The van der Waals surface area contributed by atoms with Crippen LogP contribution in [0, 0.1) is 0 Å². The number of hydrogen-bond donors (Lipinski definition) is 0. The average molecular weight is 482 g/mol. The Labute approximate surface area is 186 Å². The van der Waals surface area contributed by atoms with E-state index < -0.39 is 8.32 Å². The van der Waals surface area contributed by atoms with Gasteiger partial charge in [0.15, 0.2) is 8.32 Å². The lowest BCUT2D eigenvalue weighted by atomic mass is 9.60. The summed E-state index contributed by atoms with van der Waals surface area (Å²) in [7, 11) is 1.94. The highest BCUT2D eigenvalue weighted by molar-refractivity contribution is 9.09. The van der Waals surface area contributed by atoms with E-state index in [2.05, 4.69) is 62.8 Å². The van der Waals surface area contributed by atoms with E-state index in [4.69, 9.17) is 13.9 Å². The van der Waals surface area contributed by atoms with E-state index in [1.165, 1.54) is 22.3 Å². The lowest BCUT2D eigenvalue weighted by Gasteiger charge is -2.47. The predicted molar refractivity (Wildman–Crippen MR) is 127 cm³/mol. The molecule has 2 atom stereocenters. The van der Waals surface area contributed by atoms with Gasteiger partial charge in [-0.05, 0) is 63.3 Å². The van der Waals surface area contributed by atoms with E-state index in [0.717, 1.165) is 42.1 Å². The Bertz CT molecular complexity index is 815. The molecular weight excluding hydrogens is 444 g/mol. The van der Waals surface area contributed by atoms with Crippen LogP contribution in [0.25, 0.3) is 0 Å². The summed E-state index contributed by atoms with van der Waals surface area (Å²) in [6.07, 6.45) is 4.48. The minimum absolute atomic E-state index is 0.00817. The molecule has 0 unspecified atom stereocenters. The number of rotatable bonds is 6. The molecule has 162 valence electrons. The zero-order chi connectivity index (χ0) is 21.6. The van der Waals surface area contributed by atoms with Gasteiger partial charge in [0, 0.05) is 27.1 Å². The highest BCUT2D eigenvalue weighted by Gasteiger charge is 2.45. The fourth-order valence-corrected chi connectivity index (χ4v) is 6.89. The van der Waals surface area contributed by atoms with Crippen molar-refractivity contribution in [1.29, 1.82) is 0 Å². The summed E-state index contributed by atoms with van der Waals surface area (Å²) < 4.78 is 18.6. The number of alkyl halides is 1. The molecule has 1 aromatic rings. The van der Waals surface area contributed by atoms with Crippen LogP contribution in [-0.2, 0) is 16.3 Å². The molecule has 3 nitrogen and oxygen atoms in total. The second kappa shape index (κ2) is 8.39. The van der Waals surface area contributed by atoms with Gasteiger partial charge in [-0.25, -0.2) is 0 Å². The Kier molecular flexibility index (Phi) is 6.62. The smallest absolute Gasteiger partial charge is 0.197 e. The van der Waals surface area contributed by atoms with Crippen LogP contribution in [0.4, 0.5) is 0 Å². The molecule has 0 N–H and O–H groups in total. The Morgan fingerprint density at radius 2 is 1.90 bits per heavy atom. The van der Waals surface area contributed by atoms with Crippen molar-refractivity contribution in [3.8, 4) is 11.5 Å². The normalized spacial score (nSPS) is 24.4. The number of fused-ring (bicyclic) bond motifs is 3. The van der Waals surface area contributed by atoms with E-state index >= 15 is 0 Å². The van der Waals surface area contributed by atoms with E-state index in [1.54, 1.807) is 12.7 Å². The molecule has 0 radical (unpaired) electrons. The van der Waals surface area contributed by atoms with E-state index in [-0.39, 0.29) is 11.5 Å². The van der Waals surface area contributed by atoms with Gasteiger partial charge in [0.2, 0.25) is 0 Å². The van der Waals surface area contributed by atoms with Crippen molar-refractivity contribution in [2.24, 2.45) is 0 Å². The highest BCUT2D eigenvalue weighted by atomic mass is 79.9. The molecule has 5 heteroatoms. The third-order valence-corrected chi connectivity index (χ3v) is 12.5. The van der Waals surface area contributed by atoms with E-state index in [0.29, 0.717) is 5.92 Å². The quantitative estimate of drug-likeness (QED) is 0.258. The van der Waals surface area contributed by atoms with Crippen molar-refractivity contribution in [3.05, 3.63) is 33.9 Å². The van der Waals surface area contributed by atoms with Crippen molar-refractivity contribution >= 4 is 24.2 Å². The molecule has 2 aliphatic carbocycles. The summed E-state index contributed by atoms with van der Waals surface area (Å²) >= 11 is 3.66. The fraction of sp³-hybridized carbons (Fsp3) is 0.667. The molecule has 3 rings (SSSR count). The SMILES string of the molecule is COc1cc(C(C)C)c(OC)c2c1[C@@]1(C)CC[C@H](O[Si](C)(C)CBr)C(C)=C1CC2. The van der Waals surface area contributed by atoms with Gasteiger partial charge in [-0.1, -0.05) is 42.3 Å². The number of hydrogen-bond acceptors (Lipinski definition) is 3. The number of halogens is 1. The molecule has 29 heavy (non-hydrogen) atoms. The summed E-state index contributed by atoms with van der Waals surface area (Å²) in [6, 6.07) is 2.22. The maximum Gasteiger partial charge on any atom is 0.197 e. The minimum Gasteiger partial charge on any atom is -0.496 e. The largest absolute Gasteiger partial charge is 0.496 e. The molecule has 0 saturated carbocycles. The Morgan fingerprint density at radius 3 is 2.45 bits per heavy atom. The highest BCUT2D eigenvalue weighted by Crippen LogP contribution is 2.55. The van der Waals surface area contributed by atoms with Crippen LogP contribution in [0.3, 0.4) is 0 Å². The van der Waals surface area contributed by atoms with Gasteiger partial charge in [0.25, 0.3) is 0 Å². The molecule has 2 aliphatic rings. The molecule has 0 saturated heterocycles. The Morgan fingerprint density at radius 1 is 1.21 bits per heavy atom. The lowest BCUT2D eigenvalue weighted by Crippen LogP contribution is -2.43. The Balaban J connectivity index is 2.15. The number of ether oxygens (including phenoxy) is 2. The maximum absolute atomic E-state index is 6.65. The van der Waals surface area contributed by atoms with Crippen LogP contribution >= 0.6 is 15.9 Å². The second-order valence-corrected chi connectivity index (χ2v) is 15.4. The molecular formula is C24H37BrO3Si. The lowest BCUT2D eigenvalue weighted by molar-refractivity contribution is 0.185. The first-order valence-corrected chi connectivity index (χ1v) is 15.1. The molecule has 0 fully saturated rings. The van der Waals surface area contributed by atoms with Crippen molar-refractivity contribution in [1.82, 2.24) is 0 Å². The molecule has 0 spiro atoms. The first-order valence-electron chi connectivity index (χ1n) is 10.8. The molecule has 1 aromatic carbocycles. The van der Waals surface area contributed by atoms with E-state index in [9.17, 15) is 0 Å². The molecule has 0 bridgehead atoms. The molecule has 0 aliphatic heterocycles. The summed E-state index contributed by atoms with van der Waals surface area (Å²) in [5.41, 5.74) is 6.93. The van der Waals surface area contributed by atoms with Gasteiger partial charge in [-0.3, -0.25) is 0 Å². The van der Waals surface area contributed by atoms with Gasteiger partial charge in [0.05, 0.1) is 20.3 Å². The predicted octanol–water partition coefficient (Wildman–Crippen LogP) is 6.67. The molecule has 0 amide bonds. The Hall–Kier alpha value is -0.783. The van der Waals surface area contributed by atoms with Crippen LogP contribution in [0.15, 0.2) is 17.2 Å². The van der Waals surface area contributed by atoms with Gasteiger partial charge in [-0.15, -0.1) is 0 Å². The third kappa shape index (κ3) is 3.95. The topological polar surface area (TPSA) is 27.7 Å². The summed E-state index contributed by atoms with van der Waals surface area (Å²) in [5.74, 6) is 2.49. The van der Waals surface area contributed by atoms with Crippen LogP contribution in [0.1, 0.15) is 69.6 Å². The van der Waals surface area contributed by atoms with Crippen molar-refractivity contribution in [2.75, 3.05) is 19.2 Å². The molecule has 0 heterocycles. The van der Waals surface area contributed by atoms with Gasteiger partial charge in [0.1, 0.15) is 11.5 Å². The summed E-state index contributed by atoms with van der Waals surface area (Å²) in [6.45, 7) is 13.7. The first-order chi connectivity index (χ1) is 13.6. The second-order valence-electron chi connectivity index (χ2n) is 9.74. The molecule has 0 aromatic heterocycles. The number of methoxy groups -OCH3 is 2. The van der Waals surface area contributed by atoms with Crippen LogP contribution < -0.4 is 9.47 Å². The van der Waals surface area contributed by atoms with Crippen molar-refractivity contribution in [3.63, 3.8) is 0 Å². The van der Waals surface area contributed by atoms with Crippen LogP contribution in [0.5, 0.6) is 11.5 Å². The van der Waals surface area contributed by atoms with Crippen molar-refractivity contribution < 1.29 is 13.9 Å². The standard InChI is InChI=1S/C24H37BrO3Si/c1-15(2)18-13-21(26-5)22-17(23(18)27-6)9-10-19-16(3)20(11-12-24(19,22)4)28-29(7,8)14-25/h13,15,20H,9-12,14H2,1-8H3/t20-,24-/m0/s1. The maximum atomic E-state index is 6.65. The summed E-state index contributed by atoms with van der Waals surface area (Å²) in [4.78, 5) is 0.974. The first kappa shape index (κ1) is 22.9. The average Bonchev–Trinajstić information content (AvgIpc) is 2.68. The van der Waals surface area contributed by atoms with Gasteiger partial charge < -0.3 is 13.9 Å². The minimum atomic E-state index is -1.67. The summed E-state index contributed by atoms with van der Waals surface area (Å²) in [5, 5.41) is 0. The number of benzene rings is 1. The van der Waals surface area contributed by atoms with Crippen molar-refractivity contribution in [2.45, 2.75) is 83.9 Å². The zero-order valence-corrected chi connectivity index (χ0v) is 22.0. The zero-order valence-electron chi connectivity index (χ0n) is 19.4. The van der Waals surface area contributed by atoms with Gasteiger partial charge >= 0.3 is 0 Å². The van der Waals surface area contributed by atoms with Gasteiger partial charge in [-0.2, -0.15) is 0 Å². The fourth-order valence-electron chi connectivity index (χ4n) is 5.37. The monoisotopic (exact) mass is 480 g/mol. The van der Waals surface area contributed by atoms with Crippen LogP contribution in [-0.4, -0.2) is 33.6 Å². The van der Waals surface area contributed by atoms with Crippen LogP contribution in [0.2, 0.25) is 13.1 Å². The number of allylic oxidation sites excluding steroid dienone is 1.